The van der Waals surface area contributed by atoms with Gasteiger partial charge in [-0.2, -0.15) is 5.10 Å². The van der Waals surface area contributed by atoms with Crippen LogP contribution in [0, 0.1) is 6.92 Å². The number of nitrogens with zero attached hydrogens (tertiary/aromatic N) is 3. The summed E-state index contributed by atoms with van der Waals surface area (Å²) in [6.45, 7) is 2.53. The van der Waals surface area contributed by atoms with Crippen LogP contribution in [-0.2, 0) is 4.79 Å². The summed E-state index contributed by atoms with van der Waals surface area (Å²) in [6, 6.07) is 7.22. The Morgan fingerprint density at radius 3 is 2.83 bits per heavy atom. The Kier molecular flexibility index (Phi) is 4.98. The molecule has 24 heavy (non-hydrogen) atoms. The zero-order chi connectivity index (χ0) is 16.9. The maximum absolute atomic E-state index is 12.7. The Morgan fingerprint density at radius 2 is 2.12 bits per heavy atom. The molecule has 7 nitrogen and oxygen atoms in total. The molecule has 0 unspecified atom stereocenters. The predicted octanol–water partition coefficient (Wildman–Crippen LogP) is 2.25. The fourth-order valence-electron chi connectivity index (χ4n) is 2.97. The van der Waals surface area contributed by atoms with Gasteiger partial charge in [-0.3, -0.25) is 9.89 Å². The van der Waals surface area contributed by atoms with Crippen molar-refractivity contribution in [3.8, 4) is 11.5 Å². The average Bonchev–Trinajstić information content (AvgIpc) is 3.06. The molecule has 2 aromatic rings. The van der Waals surface area contributed by atoms with E-state index >= 15 is 0 Å². The second kappa shape index (κ2) is 7.33. The Labute approximate surface area is 141 Å². The molecule has 128 valence electrons. The number of nitrogens with one attached hydrogen (secondary N) is 1. The minimum atomic E-state index is -0.0857. The summed E-state index contributed by atoms with van der Waals surface area (Å²) in [4.78, 5) is 18.9. The van der Waals surface area contributed by atoms with Gasteiger partial charge in [-0.15, -0.1) is 0 Å². The smallest absolute Gasteiger partial charge is 0.261 e. The molecule has 1 aliphatic heterocycles. The zero-order valence-electron chi connectivity index (χ0n) is 14.0. The van der Waals surface area contributed by atoms with Crippen LogP contribution in [0.3, 0.4) is 0 Å². The van der Waals surface area contributed by atoms with Gasteiger partial charge in [0, 0.05) is 6.54 Å². The van der Waals surface area contributed by atoms with E-state index in [1.54, 1.807) is 19.2 Å². The highest BCUT2D eigenvalue weighted by Gasteiger charge is 2.30. The first-order valence-electron chi connectivity index (χ1n) is 8.13. The summed E-state index contributed by atoms with van der Waals surface area (Å²) in [5.41, 5.74) is 0. The first-order valence-corrected chi connectivity index (χ1v) is 8.13. The average molecular weight is 330 g/mol. The monoisotopic (exact) mass is 330 g/mol. The van der Waals surface area contributed by atoms with Gasteiger partial charge in [-0.05, 0) is 38.3 Å². The highest BCUT2D eigenvalue weighted by Crippen LogP contribution is 2.30. The number of benzene rings is 1. The van der Waals surface area contributed by atoms with Crippen LogP contribution >= 0.6 is 0 Å². The van der Waals surface area contributed by atoms with Gasteiger partial charge in [0.25, 0.3) is 5.91 Å². The van der Waals surface area contributed by atoms with Crippen LogP contribution in [0.1, 0.15) is 37.0 Å². The number of aromatic amines is 1. The van der Waals surface area contributed by atoms with Gasteiger partial charge < -0.3 is 14.4 Å². The molecular weight excluding hydrogens is 308 g/mol. The molecule has 0 aliphatic carbocycles. The fraction of sp³-hybridized carbons (Fsp3) is 0.471. The lowest BCUT2D eigenvalue weighted by Crippen LogP contribution is -2.41. The number of likely N-dealkylation sites (tertiary alicyclic amines) is 1. The molecule has 1 atom stereocenters. The van der Waals surface area contributed by atoms with Crippen molar-refractivity contribution in [2.45, 2.75) is 32.2 Å². The van der Waals surface area contributed by atoms with E-state index in [-0.39, 0.29) is 18.6 Å². The van der Waals surface area contributed by atoms with Crippen molar-refractivity contribution in [2.75, 3.05) is 20.3 Å². The summed E-state index contributed by atoms with van der Waals surface area (Å²) in [7, 11) is 1.58. The number of amides is 1. The van der Waals surface area contributed by atoms with E-state index in [9.17, 15) is 4.79 Å². The Balaban J connectivity index is 1.68. The second-order valence-corrected chi connectivity index (χ2v) is 5.82. The Hall–Kier alpha value is -2.57. The molecule has 1 aliphatic rings. The van der Waals surface area contributed by atoms with Gasteiger partial charge >= 0.3 is 0 Å². The molecule has 0 bridgehead atoms. The van der Waals surface area contributed by atoms with Gasteiger partial charge in [0.15, 0.2) is 23.9 Å². The summed E-state index contributed by atoms with van der Waals surface area (Å²) in [6.07, 6.45) is 2.92. The molecule has 1 aromatic carbocycles. The number of aryl methyl sites for hydroxylation is 1. The van der Waals surface area contributed by atoms with Crippen molar-refractivity contribution in [1.82, 2.24) is 20.1 Å². The van der Waals surface area contributed by atoms with Crippen LogP contribution in [0.4, 0.5) is 0 Å². The minimum Gasteiger partial charge on any atom is -0.493 e. The number of hydrogen-bond donors (Lipinski definition) is 1. The first kappa shape index (κ1) is 16.3. The number of carbonyl (C=O) groups is 1. The topological polar surface area (TPSA) is 80.3 Å². The number of rotatable bonds is 5. The quantitative estimate of drug-likeness (QED) is 0.909. The molecule has 3 rings (SSSR count). The van der Waals surface area contributed by atoms with Crippen molar-refractivity contribution in [3.05, 3.63) is 35.9 Å². The molecule has 7 heteroatoms. The molecule has 1 fully saturated rings. The first-order chi connectivity index (χ1) is 11.7. The molecule has 1 N–H and O–H groups in total. The SMILES string of the molecule is COc1ccccc1OCC(=O)N1CCCC[C@@H]1c1n[nH]c(C)n1. The lowest BCUT2D eigenvalue weighted by Gasteiger charge is -2.34. The largest absolute Gasteiger partial charge is 0.493 e. The van der Waals surface area contributed by atoms with E-state index in [1.165, 1.54) is 0 Å². The maximum Gasteiger partial charge on any atom is 0.261 e. The Morgan fingerprint density at radius 1 is 1.33 bits per heavy atom. The number of hydrogen-bond acceptors (Lipinski definition) is 5. The number of para-hydroxylation sites is 2. The number of ether oxygens (including phenoxy) is 2. The van der Waals surface area contributed by atoms with E-state index in [1.807, 2.05) is 24.0 Å². The third-order valence-electron chi connectivity index (χ3n) is 4.16. The van der Waals surface area contributed by atoms with Crippen molar-refractivity contribution >= 4 is 5.91 Å². The normalized spacial score (nSPS) is 17.6. The molecular formula is C17H22N4O3. The van der Waals surface area contributed by atoms with Gasteiger partial charge in [0.1, 0.15) is 5.82 Å². The molecule has 1 aromatic heterocycles. The summed E-state index contributed by atoms with van der Waals surface area (Å²) < 4.78 is 10.9. The lowest BCUT2D eigenvalue weighted by atomic mass is 10.0. The van der Waals surface area contributed by atoms with Crippen LogP contribution in [0.25, 0.3) is 0 Å². The molecule has 0 spiro atoms. The van der Waals surface area contributed by atoms with Crippen molar-refractivity contribution in [3.63, 3.8) is 0 Å². The van der Waals surface area contributed by atoms with E-state index in [2.05, 4.69) is 15.2 Å². The van der Waals surface area contributed by atoms with E-state index in [0.29, 0.717) is 23.9 Å². The fourth-order valence-corrected chi connectivity index (χ4v) is 2.97. The highest BCUT2D eigenvalue weighted by molar-refractivity contribution is 5.78. The Bertz CT molecular complexity index is 701. The molecule has 1 saturated heterocycles. The predicted molar refractivity (Wildman–Crippen MR) is 87.9 cm³/mol. The zero-order valence-corrected chi connectivity index (χ0v) is 14.0. The van der Waals surface area contributed by atoms with Crippen LogP contribution in [0.15, 0.2) is 24.3 Å². The van der Waals surface area contributed by atoms with Crippen LogP contribution in [0.5, 0.6) is 11.5 Å². The number of H-pyrrole nitrogens is 1. The standard InChI is InChI=1S/C17H22N4O3/c1-12-18-17(20-19-12)13-7-5-6-10-21(13)16(22)11-24-15-9-4-3-8-14(15)23-2/h3-4,8-9,13H,5-7,10-11H2,1-2H3,(H,18,19,20)/t13-/m1/s1. The van der Waals surface area contributed by atoms with Crippen LogP contribution in [-0.4, -0.2) is 46.2 Å². The molecule has 0 saturated carbocycles. The number of methoxy groups -OCH3 is 1. The third kappa shape index (κ3) is 3.50. The van der Waals surface area contributed by atoms with Crippen molar-refractivity contribution < 1.29 is 14.3 Å². The van der Waals surface area contributed by atoms with Crippen molar-refractivity contribution in [2.24, 2.45) is 0 Å². The summed E-state index contributed by atoms with van der Waals surface area (Å²) >= 11 is 0. The highest BCUT2D eigenvalue weighted by atomic mass is 16.5. The summed E-state index contributed by atoms with van der Waals surface area (Å²) in [5, 5.41) is 7.08. The number of aromatic nitrogens is 3. The second-order valence-electron chi connectivity index (χ2n) is 5.82. The lowest BCUT2D eigenvalue weighted by molar-refractivity contribution is -0.137. The third-order valence-corrected chi connectivity index (χ3v) is 4.16. The number of carbonyl (C=O) groups excluding carboxylic acids is 1. The van der Waals surface area contributed by atoms with E-state index in [0.717, 1.165) is 25.1 Å². The number of piperidine rings is 1. The van der Waals surface area contributed by atoms with Crippen LogP contribution < -0.4 is 9.47 Å². The van der Waals surface area contributed by atoms with Gasteiger partial charge in [-0.25, -0.2) is 4.98 Å². The van der Waals surface area contributed by atoms with Crippen molar-refractivity contribution in [1.29, 1.82) is 0 Å². The van der Waals surface area contributed by atoms with Gasteiger partial charge in [0.05, 0.1) is 13.2 Å². The minimum absolute atomic E-state index is 0.0275. The van der Waals surface area contributed by atoms with Crippen LogP contribution in [0.2, 0.25) is 0 Å². The molecule has 1 amide bonds. The maximum atomic E-state index is 12.7. The van der Waals surface area contributed by atoms with E-state index in [4.69, 9.17) is 9.47 Å². The molecule has 0 radical (unpaired) electrons. The van der Waals surface area contributed by atoms with Gasteiger partial charge in [-0.1, -0.05) is 12.1 Å². The van der Waals surface area contributed by atoms with Gasteiger partial charge in [0.2, 0.25) is 0 Å². The molecule has 2 heterocycles. The van der Waals surface area contributed by atoms with E-state index < -0.39 is 0 Å². The summed E-state index contributed by atoms with van der Waals surface area (Å²) in [5.74, 6) is 2.56.